The summed E-state index contributed by atoms with van der Waals surface area (Å²) in [5.41, 5.74) is 0.680. The number of hydrogen-bond donors (Lipinski definition) is 0. The van der Waals surface area contributed by atoms with Crippen molar-refractivity contribution in [1.82, 2.24) is 9.80 Å². The molecule has 8 heteroatoms. The molecule has 0 radical (unpaired) electrons. The van der Waals surface area contributed by atoms with Gasteiger partial charge in [-0.25, -0.2) is 12.8 Å². The van der Waals surface area contributed by atoms with Crippen molar-refractivity contribution in [2.75, 3.05) is 31.7 Å². The van der Waals surface area contributed by atoms with Gasteiger partial charge < -0.3 is 9.64 Å². The van der Waals surface area contributed by atoms with E-state index < -0.39 is 9.84 Å². The van der Waals surface area contributed by atoms with Crippen molar-refractivity contribution in [3.63, 3.8) is 0 Å². The molecule has 2 atom stereocenters. The minimum atomic E-state index is -3.21. The van der Waals surface area contributed by atoms with Crippen LogP contribution in [0.4, 0.5) is 4.39 Å². The third-order valence-corrected chi connectivity index (χ3v) is 6.88. The summed E-state index contributed by atoms with van der Waals surface area (Å²) in [4.78, 5) is 16.3. The van der Waals surface area contributed by atoms with E-state index in [4.69, 9.17) is 4.74 Å². The Kier molecular flexibility index (Phi) is 5.25. The molecule has 2 saturated heterocycles. The van der Waals surface area contributed by atoms with Crippen LogP contribution in [0.5, 0.6) is 5.75 Å². The normalized spacial score (nSPS) is 25.3. The molecule has 0 aromatic heterocycles. The molecular weight excluding hydrogens is 359 g/mol. The molecule has 0 spiro atoms. The zero-order valence-electron chi connectivity index (χ0n) is 15.3. The van der Waals surface area contributed by atoms with Crippen LogP contribution in [0.2, 0.25) is 0 Å². The molecule has 26 heavy (non-hydrogen) atoms. The molecule has 1 amide bonds. The van der Waals surface area contributed by atoms with Crippen LogP contribution in [-0.2, 0) is 21.2 Å². The summed E-state index contributed by atoms with van der Waals surface area (Å²) in [6.07, 6.45) is 0. The van der Waals surface area contributed by atoms with E-state index in [0.717, 1.165) is 0 Å². The van der Waals surface area contributed by atoms with Crippen LogP contribution < -0.4 is 4.74 Å². The number of hydrogen-bond acceptors (Lipinski definition) is 5. The number of amides is 1. The van der Waals surface area contributed by atoms with E-state index in [1.54, 1.807) is 11.0 Å². The minimum Gasteiger partial charge on any atom is -0.496 e. The predicted molar refractivity (Wildman–Crippen MR) is 96.1 cm³/mol. The fourth-order valence-corrected chi connectivity index (χ4v) is 5.93. The van der Waals surface area contributed by atoms with Gasteiger partial charge in [-0.1, -0.05) is 13.8 Å². The van der Waals surface area contributed by atoms with E-state index >= 15 is 0 Å². The molecule has 2 fully saturated rings. The first-order chi connectivity index (χ1) is 12.2. The molecule has 0 unspecified atom stereocenters. The first kappa shape index (κ1) is 19.1. The number of fused-ring (bicyclic) bond motifs is 1. The molecule has 1 aromatic carbocycles. The fraction of sp³-hybridized carbons (Fsp3) is 0.611. The van der Waals surface area contributed by atoms with Gasteiger partial charge in [0.2, 0.25) is 5.91 Å². The van der Waals surface area contributed by atoms with E-state index in [-0.39, 0.29) is 41.2 Å². The topological polar surface area (TPSA) is 66.9 Å². The van der Waals surface area contributed by atoms with Crippen LogP contribution in [0.3, 0.4) is 0 Å². The van der Waals surface area contributed by atoms with E-state index in [9.17, 15) is 17.6 Å². The van der Waals surface area contributed by atoms with Crippen LogP contribution >= 0.6 is 0 Å². The lowest BCUT2D eigenvalue weighted by atomic mass is 10.0. The Bertz CT molecular complexity index is 796. The van der Waals surface area contributed by atoms with Crippen molar-refractivity contribution in [2.24, 2.45) is 5.92 Å². The summed E-state index contributed by atoms with van der Waals surface area (Å²) in [6.45, 7) is 5.07. The molecule has 3 rings (SSSR count). The summed E-state index contributed by atoms with van der Waals surface area (Å²) in [6, 6.07) is 3.71. The zero-order chi connectivity index (χ0) is 19.1. The van der Waals surface area contributed by atoms with Gasteiger partial charge in [0.1, 0.15) is 11.6 Å². The second kappa shape index (κ2) is 7.15. The van der Waals surface area contributed by atoms with E-state index in [0.29, 0.717) is 30.9 Å². The Morgan fingerprint density at radius 1 is 1.27 bits per heavy atom. The lowest BCUT2D eigenvalue weighted by molar-refractivity contribution is -0.140. The van der Waals surface area contributed by atoms with Crippen LogP contribution in [0.15, 0.2) is 18.2 Å². The molecule has 0 aliphatic carbocycles. The van der Waals surface area contributed by atoms with Crippen LogP contribution in [0.1, 0.15) is 19.4 Å². The molecule has 2 aliphatic heterocycles. The number of halogens is 1. The van der Waals surface area contributed by atoms with Crippen molar-refractivity contribution in [1.29, 1.82) is 0 Å². The molecular formula is C18H25FN2O4S. The maximum Gasteiger partial charge on any atom is 0.225 e. The number of methoxy groups -OCH3 is 1. The lowest BCUT2D eigenvalue weighted by Crippen LogP contribution is -2.60. The monoisotopic (exact) mass is 384 g/mol. The van der Waals surface area contributed by atoms with Crippen molar-refractivity contribution >= 4 is 15.7 Å². The second-order valence-corrected chi connectivity index (χ2v) is 9.48. The highest BCUT2D eigenvalue weighted by molar-refractivity contribution is 7.91. The van der Waals surface area contributed by atoms with Gasteiger partial charge in [0.05, 0.1) is 24.7 Å². The third-order valence-electron chi connectivity index (χ3n) is 5.18. The molecule has 1 aromatic rings. The van der Waals surface area contributed by atoms with E-state index in [1.165, 1.54) is 19.2 Å². The van der Waals surface area contributed by atoms with Gasteiger partial charge in [-0.15, -0.1) is 0 Å². The zero-order valence-corrected chi connectivity index (χ0v) is 16.1. The number of sulfone groups is 1. The largest absolute Gasteiger partial charge is 0.496 e. The van der Waals surface area contributed by atoms with Crippen molar-refractivity contribution < 1.29 is 22.3 Å². The molecule has 2 heterocycles. The molecule has 0 bridgehead atoms. The standard InChI is InChI=1S/C18H25FN2O4S/c1-12(2)18(22)21-7-6-20(15-10-26(23,24)11-16(15)21)9-13-8-14(19)4-5-17(13)25-3/h4-5,8,12,15-16H,6-7,9-11H2,1-3H3/t15-,16+/m1/s1. The van der Waals surface area contributed by atoms with Gasteiger partial charge in [0.25, 0.3) is 0 Å². The predicted octanol–water partition coefficient (Wildman–Crippen LogP) is 1.30. The van der Waals surface area contributed by atoms with Crippen LogP contribution in [0.25, 0.3) is 0 Å². The number of rotatable bonds is 4. The highest BCUT2D eigenvalue weighted by atomic mass is 32.2. The third kappa shape index (κ3) is 3.71. The molecule has 0 saturated carbocycles. The van der Waals surface area contributed by atoms with Gasteiger partial charge in [0.15, 0.2) is 9.84 Å². The summed E-state index contributed by atoms with van der Waals surface area (Å²) < 4.78 is 43.5. The summed E-state index contributed by atoms with van der Waals surface area (Å²) in [5.74, 6) is 0.0489. The van der Waals surface area contributed by atoms with Crippen molar-refractivity contribution in [3.8, 4) is 5.75 Å². The maximum atomic E-state index is 13.7. The van der Waals surface area contributed by atoms with Crippen molar-refractivity contribution in [3.05, 3.63) is 29.6 Å². The molecule has 0 N–H and O–H groups in total. The van der Waals surface area contributed by atoms with E-state index in [1.807, 2.05) is 18.7 Å². The van der Waals surface area contributed by atoms with Gasteiger partial charge in [-0.3, -0.25) is 9.69 Å². The average molecular weight is 384 g/mol. The van der Waals surface area contributed by atoms with Gasteiger partial charge in [0, 0.05) is 37.2 Å². The number of nitrogens with zero attached hydrogens (tertiary/aromatic N) is 2. The molecule has 2 aliphatic rings. The SMILES string of the molecule is COc1ccc(F)cc1CN1CCN(C(=O)C(C)C)[C@H]2CS(=O)(=O)C[C@H]21. The number of carbonyl (C=O) groups is 1. The molecule has 6 nitrogen and oxygen atoms in total. The van der Waals surface area contributed by atoms with Crippen LogP contribution in [-0.4, -0.2) is 67.9 Å². The Morgan fingerprint density at radius 2 is 1.96 bits per heavy atom. The smallest absolute Gasteiger partial charge is 0.225 e. The summed E-state index contributed by atoms with van der Waals surface area (Å²) in [7, 11) is -1.68. The van der Waals surface area contributed by atoms with E-state index in [2.05, 4.69) is 0 Å². The lowest BCUT2D eigenvalue weighted by Gasteiger charge is -2.44. The average Bonchev–Trinajstić information content (AvgIpc) is 2.90. The highest BCUT2D eigenvalue weighted by Crippen LogP contribution is 2.31. The Hall–Kier alpha value is -1.67. The van der Waals surface area contributed by atoms with Gasteiger partial charge in [-0.05, 0) is 18.2 Å². The summed E-state index contributed by atoms with van der Waals surface area (Å²) >= 11 is 0. The number of carbonyl (C=O) groups excluding carboxylic acids is 1. The Balaban J connectivity index is 1.87. The first-order valence-electron chi connectivity index (χ1n) is 8.79. The van der Waals surface area contributed by atoms with Gasteiger partial charge in [-0.2, -0.15) is 0 Å². The Morgan fingerprint density at radius 3 is 2.62 bits per heavy atom. The Labute approximate surface area is 153 Å². The number of piperazine rings is 1. The van der Waals surface area contributed by atoms with Crippen LogP contribution in [0, 0.1) is 11.7 Å². The highest BCUT2D eigenvalue weighted by Gasteiger charge is 2.48. The number of ether oxygens (including phenoxy) is 1. The minimum absolute atomic E-state index is 0.00703. The maximum absolute atomic E-state index is 13.7. The second-order valence-electron chi connectivity index (χ2n) is 7.32. The quantitative estimate of drug-likeness (QED) is 0.783. The fourth-order valence-electron chi connectivity index (χ4n) is 3.92. The first-order valence-corrected chi connectivity index (χ1v) is 10.6. The van der Waals surface area contributed by atoms with Crippen molar-refractivity contribution in [2.45, 2.75) is 32.5 Å². The summed E-state index contributed by atoms with van der Waals surface area (Å²) in [5, 5.41) is 0. The number of benzene rings is 1. The molecule has 144 valence electrons. The van der Waals surface area contributed by atoms with Gasteiger partial charge >= 0.3 is 0 Å².